The van der Waals surface area contributed by atoms with Crippen molar-refractivity contribution in [1.29, 1.82) is 0 Å². The molecule has 0 atom stereocenters. The van der Waals surface area contributed by atoms with Gasteiger partial charge in [-0.25, -0.2) is 0 Å². The maximum absolute atomic E-state index is 5.90. The van der Waals surface area contributed by atoms with Crippen molar-refractivity contribution in [1.82, 2.24) is 4.90 Å². The highest BCUT2D eigenvalue weighted by molar-refractivity contribution is 7.99. The van der Waals surface area contributed by atoms with Gasteiger partial charge in [0.1, 0.15) is 4.99 Å². The largest absolute Gasteiger partial charge is 0.389 e. The SMILES string of the molecule is CCSc1cccc(NCCN(C)C2CC2)c1C(N)=S. The van der Waals surface area contributed by atoms with E-state index in [-0.39, 0.29) is 0 Å². The van der Waals surface area contributed by atoms with Crippen LogP contribution in [-0.2, 0) is 0 Å². The Morgan fingerprint density at radius 1 is 1.50 bits per heavy atom. The molecule has 0 radical (unpaired) electrons. The Balaban J connectivity index is 2.01. The molecule has 0 aromatic heterocycles. The minimum atomic E-state index is 0.472. The number of benzene rings is 1. The van der Waals surface area contributed by atoms with Crippen molar-refractivity contribution in [3.63, 3.8) is 0 Å². The first-order valence-electron chi connectivity index (χ1n) is 7.13. The number of anilines is 1. The third-order valence-corrected chi connectivity index (χ3v) is 4.67. The van der Waals surface area contributed by atoms with Gasteiger partial charge in [-0.3, -0.25) is 0 Å². The van der Waals surface area contributed by atoms with Crippen molar-refractivity contribution in [2.45, 2.75) is 30.7 Å². The minimum Gasteiger partial charge on any atom is -0.389 e. The number of thioether (sulfide) groups is 1. The highest BCUT2D eigenvalue weighted by Gasteiger charge is 2.25. The Morgan fingerprint density at radius 2 is 2.25 bits per heavy atom. The molecule has 3 N–H and O–H groups in total. The van der Waals surface area contributed by atoms with Gasteiger partial charge in [-0.15, -0.1) is 11.8 Å². The molecule has 20 heavy (non-hydrogen) atoms. The van der Waals surface area contributed by atoms with Crippen LogP contribution in [0.4, 0.5) is 5.69 Å². The van der Waals surface area contributed by atoms with Crippen molar-refractivity contribution < 1.29 is 0 Å². The molecule has 3 nitrogen and oxygen atoms in total. The van der Waals surface area contributed by atoms with E-state index in [4.69, 9.17) is 18.0 Å². The molecule has 1 aliphatic carbocycles. The molecule has 0 heterocycles. The maximum Gasteiger partial charge on any atom is 0.107 e. The average molecular weight is 310 g/mol. The highest BCUT2D eigenvalue weighted by atomic mass is 32.2. The highest BCUT2D eigenvalue weighted by Crippen LogP contribution is 2.29. The van der Waals surface area contributed by atoms with Gasteiger partial charge in [0.25, 0.3) is 0 Å². The quantitative estimate of drug-likeness (QED) is 0.571. The van der Waals surface area contributed by atoms with Crippen LogP contribution in [0.5, 0.6) is 0 Å². The minimum absolute atomic E-state index is 0.472. The fraction of sp³-hybridized carbons (Fsp3) is 0.533. The molecular weight excluding hydrogens is 286 g/mol. The van der Waals surface area contributed by atoms with E-state index in [2.05, 4.69) is 42.4 Å². The summed E-state index contributed by atoms with van der Waals surface area (Å²) in [5.74, 6) is 1.02. The second kappa shape index (κ2) is 7.29. The first-order valence-corrected chi connectivity index (χ1v) is 8.52. The van der Waals surface area contributed by atoms with E-state index in [1.54, 1.807) is 11.8 Å². The molecule has 5 heteroatoms. The smallest absolute Gasteiger partial charge is 0.107 e. The molecule has 0 unspecified atom stereocenters. The predicted molar refractivity (Wildman–Crippen MR) is 92.9 cm³/mol. The van der Waals surface area contributed by atoms with E-state index in [0.717, 1.165) is 36.1 Å². The van der Waals surface area contributed by atoms with Gasteiger partial charge < -0.3 is 16.0 Å². The molecule has 110 valence electrons. The van der Waals surface area contributed by atoms with Gasteiger partial charge in [-0.2, -0.15) is 0 Å². The zero-order chi connectivity index (χ0) is 14.5. The molecule has 0 saturated heterocycles. The van der Waals surface area contributed by atoms with Crippen molar-refractivity contribution in [2.75, 3.05) is 31.2 Å². The fourth-order valence-corrected chi connectivity index (χ4v) is 3.41. The van der Waals surface area contributed by atoms with Crippen LogP contribution < -0.4 is 11.1 Å². The third kappa shape index (κ3) is 4.11. The lowest BCUT2D eigenvalue weighted by molar-refractivity contribution is 0.337. The van der Waals surface area contributed by atoms with Gasteiger partial charge in [0.15, 0.2) is 0 Å². The molecule has 0 bridgehead atoms. The van der Waals surface area contributed by atoms with E-state index in [1.165, 1.54) is 17.7 Å². The first kappa shape index (κ1) is 15.6. The van der Waals surface area contributed by atoms with E-state index in [9.17, 15) is 0 Å². The number of hydrogen-bond acceptors (Lipinski definition) is 4. The van der Waals surface area contributed by atoms with Crippen LogP contribution in [0.15, 0.2) is 23.1 Å². The van der Waals surface area contributed by atoms with Gasteiger partial charge >= 0.3 is 0 Å². The van der Waals surface area contributed by atoms with E-state index in [0.29, 0.717) is 4.99 Å². The molecular formula is C15H23N3S2. The van der Waals surface area contributed by atoms with Crippen molar-refractivity contribution >= 4 is 34.7 Å². The topological polar surface area (TPSA) is 41.3 Å². The summed E-state index contributed by atoms with van der Waals surface area (Å²) in [4.78, 5) is 4.05. The zero-order valence-corrected chi connectivity index (χ0v) is 13.8. The molecule has 0 aliphatic heterocycles. The summed E-state index contributed by atoms with van der Waals surface area (Å²) >= 11 is 7.00. The van der Waals surface area contributed by atoms with E-state index in [1.807, 2.05) is 0 Å². The Kier molecular flexibility index (Phi) is 5.69. The van der Waals surface area contributed by atoms with Crippen LogP contribution >= 0.6 is 24.0 Å². The Bertz CT molecular complexity index is 472. The summed E-state index contributed by atoms with van der Waals surface area (Å²) in [7, 11) is 2.19. The monoisotopic (exact) mass is 309 g/mol. The van der Waals surface area contributed by atoms with Gasteiger partial charge in [0, 0.05) is 35.3 Å². The molecule has 0 spiro atoms. The van der Waals surface area contributed by atoms with Crippen molar-refractivity contribution in [3.8, 4) is 0 Å². The number of thiocarbonyl (C=S) groups is 1. The van der Waals surface area contributed by atoms with Crippen LogP contribution in [-0.4, -0.2) is 41.8 Å². The molecule has 1 aromatic carbocycles. The molecule has 0 amide bonds. The number of rotatable bonds is 8. The van der Waals surface area contributed by atoms with Gasteiger partial charge in [-0.05, 0) is 37.8 Å². The molecule has 1 saturated carbocycles. The number of nitrogens with zero attached hydrogens (tertiary/aromatic N) is 1. The van der Waals surface area contributed by atoms with Crippen LogP contribution in [0.2, 0.25) is 0 Å². The lowest BCUT2D eigenvalue weighted by Gasteiger charge is -2.18. The fourth-order valence-electron chi connectivity index (χ4n) is 2.27. The summed E-state index contributed by atoms with van der Waals surface area (Å²) < 4.78 is 0. The van der Waals surface area contributed by atoms with Crippen LogP contribution in [0.3, 0.4) is 0 Å². The average Bonchev–Trinajstić information content (AvgIpc) is 3.23. The summed E-state index contributed by atoms with van der Waals surface area (Å²) in [6.45, 7) is 4.11. The van der Waals surface area contributed by atoms with Gasteiger partial charge in [0.2, 0.25) is 0 Å². The second-order valence-corrected chi connectivity index (χ2v) is 6.86. The summed E-state index contributed by atoms with van der Waals surface area (Å²) in [5, 5.41) is 3.48. The number of likely N-dealkylation sites (N-methyl/N-ethyl adjacent to an activating group) is 1. The number of nitrogens with two attached hydrogens (primary N) is 1. The van der Waals surface area contributed by atoms with Crippen LogP contribution in [0, 0.1) is 0 Å². The molecule has 2 rings (SSSR count). The molecule has 1 aliphatic rings. The van der Waals surface area contributed by atoms with Crippen molar-refractivity contribution in [3.05, 3.63) is 23.8 Å². The second-order valence-electron chi connectivity index (χ2n) is 5.11. The van der Waals surface area contributed by atoms with Gasteiger partial charge in [0.05, 0.1) is 0 Å². The van der Waals surface area contributed by atoms with Crippen LogP contribution in [0.25, 0.3) is 0 Å². The third-order valence-electron chi connectivity index (χ3n) is 3.52. The van der Waals surface area contributed by atoms with E-state index < -0.39 is 0 Å². The Hall–Kier alpha value is -0.780. The van der Waals surface area contributed by atoms with Crippen molar-refractivity contribution in [2.24, 2.45) is 5.73 Å². The predicted octanol–water partition coefficient (Wildman–Crippen LogP) is 2.94. The molecule has 1 aromatic rings. The maximum atomic E-state index is 5.90. The van der Waals surface area contributed by atoms with E-state index >= 15 is 0 Å². The Labute approximate surface area is 131 Å². The van der Waals surface area contributed by atoms with Crippen LogP contribution in [0.1, 0.15) is 25.3 Å². The number of nitrogens with one attached hydrogen (secondary N) is 1. The lowest BCUT2D eigenvalue weighted by atomic mass is 10.1. The lowest BCUT2D eigenvalue weighted by Crippen LogP contribution is -2.27. The summed E-state index contributed by atoms with van der Waals surface area (Å²) in [6, 6.07) is 7.01. The zero-order valence-electron chi connectivity index (χ0n) is 12.2. The summed E-state index contributed by atoms with van der Waals surface area (Å²) in [6.07, 6.45) is 2.69. The van der Waals surface area contributed by atoms with Gasteiger partial charge in [-0.1, -0.05) is 25.2 Å². The standard InChI is InChI=1S/C15H23N3S2/c1-3-20-13-6-4-5-12(14(13)15(16)19)17-9-10-18(2)11-7-8-11/h4-6,11,17H,3,7-10H2,1-2H3,(H2,16,19). The first-order chi connectivity index (χ1) is 9.63. The summed E-state index contributed by atoms with van der Waals surface area (Å²) in [5.41, 5.74) is 7.95. The number of hydrogen-bond donors (Lipinski definition) is 2. The molecule has 1 fully saturated rings. The Morgan fingerprint density at radius 3 is 2.85 bits per heavy atom. The normalized spacial score (nSPS) is 14.6.